The van der Waals surface area contributed by atoms with Gasteiger partial charge in [-0.3, -0.25) is 0 Å². The Kier molecular flexibility index (Phi) is 5.41. The molecule has 0 unspecified atom stereocenters. The lowest BCUT2D eigenvalue weighted by Gasteiger charge is -2.19. The van der Waals surface area contributed by atoms with Crippen LogP contribution in [0.4, 0.5) is 4.79 Å². The van der Waals surface area contributed by atoms with Gasteiger partial charge >= 0.3 is 12.1 Å². The normalized spacial score (nSPS) is 13.5. The molecule has 1 amide bonds. The number of rotatable bonds is 4. The Labute approximate surface area is 152 Å². The zero-order chi connectivity index (χ0) is 18.5. The molecule has 26 heavy (non-hydrogen) atoms. The maximum atomic E-state index is 12.4. The predicted octanol–water partition coefficient (Wildman–Crippen LogP) is 3.13. The van der Waals surface area contributed by atoms with E-state index < -0.39 is 12.1 Å². The number of carbonyl (C=O) groups is 2. The maximum absolute atomic E-state index is 12.4. The molecule has 0 spiro atoms. The minimum absolute atomic E-state index is 0.215. The molecule has 1 N–H and O–H groups in total. The fourth-order valence-corrected chi connectivity index (χ4v) is 3.22. The Morgan fingerprint density at radius 1 is 1.04 bits per heavy atom. The highest BCUT2D eigenvalue weighted by atomic mass is 16.6. The van der Waals surface area contributed by atoms with E-state index in [0.717, 1.165) is 16.7 Å². The summed E-state index contributed by atoms with van der Waals surface area (Å²) in [5.74, 6) is -0.312. The molecule has 0 aliphatic carbocycles. The third-order valence-corrected chi connectivity index (χ3v) is 4.57. The Balaban J connectivity index is 1.72. The van der Waals surface area contributed by atoms with Crippen LogP contribution in [0.25, 0.3) is 0 Å². The van der Waals surface area contributed by atoms with Gasteiger partial charge in [0, 0.05) is 13.1 Å². The van der Waals surface area contributed by atoms with Gasteiger partial charge < -0.3 is 19.5 Å². The van der Waals surface area contributed by atoms with Crippen LogP contribution in [0.1, 0.15) is 27.0 Å². The van der Waals surface area contributed by atoms with Crippen LogP contribution < -0.4 is 4.74 Å². The van der Waals surface area contributed by atoms with Crippen molar-refractivity contribution in [3.8, 4) is 5.75 Å². The first-order chi connectivity index (χ1) is 12.6. The third kappa shape index (κ3) is 3.79. The second-order valence-electron chi connectivity index (χ2n) is 6.10. The minimum atomic E-state index is -0.969. The van der Waals surface area contributed by atoms with Gasteiger partial charge in [0.1, 0.15) is 12.4 Å². The summed E-state index contributed by atoms with van der Waals surface area (Å²) in [6.45, 7) is 1.08. The molecule has 1 aliphatic rings. The SMILES string of the molecule is COc1ccc(C(=O)O)c2c1CCN(C(=O)OCc1ccccc1)CC2. The zero-order valence-corrected chi connectivity index (χ0v) is 14.6. The van der Waals surface area contributed by atoms with Gasteiger partial charge in [-0.2, -0.15) is 0 Å². The summed E-state index contributed by atoms with van der Waals surface area (Å²) >= 11 is 0. The lowest BCUT2D eigenvalue weighted by molar-refractivity contribution is 0.0695. The van der Waals surface area contributed by atoms with Gasteiger partial charge in [-0.1, -0.05) is 30.3 Å². The molecule has 0 bridgehead atoms. The Bertz CT molecular complexity index is 803. The summed E-state index contributed by atoms with van der Waals surface area (Å²) in [5, 5.41) is 9.44. The van der Waals surface area contributed by atoms with Crippen LogP contribution in [-0.4, -0.2) is 42.3 Å². The van der Waals surface area contributed by atoms with Crippen molar-refractivity contribution in [3.05, 3.63) is 64.7 Å². The smallest absolute Gasteiger partial charge is 0.410 e. The standard InChI is InChI=1S/C20H21NO5/c1-25-18-8-7-17(19(22)23)15-9-11-21(12-10-16(15)18)20(24)26-13-14-5-3-2-4-6-14/h2-8H,9-13H2,1H3,(H,22,23). The van der Waals surface area contributed by atoms with Gasteiger partial charge in [-0.25, -0.2) is 9.59 Å². The van der Waals surface area contributed by atoms with E-state index in [-0.39, 0.29) is 12.2 Å². The lowest BCUT2D eigenvalue weighted by Crippen LogP contribution is -2.33. The first kappa shape index (κ1) is 17.8. The quantitative estimate of drug-likeness (QED) is 0.912. The lowest BCUT2D eigenvalue weighted by atomic mass is 9.96. The van der Waals surface area contributed by atoms with Gasteiger partial charge in [0.25, 0.3) is 0 Å². The minimum Gasteiger partial charge on any atom is -0.496 e. The highest BCUT2D eigenvalue weighted by Crippen LogP contribution is 2.29. The largest absolute Gasteiger partial charge is 0.496 e. The van der Waals surface area contributed by atoms with E-state index >= 15 is 0 Å². The number of methoxy groups -OCH3 is 1. The number of benzene rings is 2. The van der Waals surface area contributed by atoms with Gasteiger partial charge in [0.15, 0.2) is 0 Å². The molecule has 6 nitrogen and oxygen atoms in total. The average molecular weight is 355 g/mol. The number of carboxylic acids is 1. The van der Waals surface area contributed by atoms with Crippen molar-refractivity contribution in [2.24, 2.45) is 0 Å². The first-order valence-electron chi connectivity index (χ1n) is 8.48. The van der Waals surface area contributed by atoms with Crippen LogP contribution in [-0.2, 0) is 24.2 Å². The van der Waals surface area contributed by atoms with Crippen LogP contribution in [0.15, 0.2) is 42.5 Å². The number of fused-ring (bicyclic) bond motifs is 1. The molecule has 1 heterocycles. The van der Waals surface area contributed by atoms with Crippen molar-refractivity contribution < 1.29 is 24.2 Å². The molecule has 2 aromatic rings. The average Bonchev–Trinajstić information content (AvgIpc) is 2.89. The molecule has 1 aliphatic heterocycles. The fraction of sp³-hybridized carbons (Fsp3) is 0.300. The first-order valence-corrected chi connectivity index (χ1v) is 8.48. The number of carboxylic acid groups (broad SMARTS) is 1. The van der Waals surface area contributed by atoms with Gasteiger partial charge in [0.05, 0.1) is 12.7 Å². The van der Waals surface area contributed by atoms with Crippen molar-refractivity contribution in [3.63, 3.8) is 0 Å². The summed E-state index contributed by atoms with van der Waals surface area (Å²) in [5.41, 5.74) is 2.77. The van der Waals surface area contributed by atoms with Gasteiger partial charge in [-0.15, -0.1) is 0 Å². The second kappa shape index (κ2) is 7.91. The number of aromatic carboxylic acids is 1. The Hall–Kier alpha value is -3.02. The van der Waals surface area contributed by atoms with E-state index in [1.165, 1.54) is 0 Å². The highest BCUT2D eigenvalue weighted by molar-refractivity contribution is 5.90. The predicted molar refractivity (Wildman–Crippen MR) is 95.6 cm³/mol. The van der Waals surface area contributed by atoms with Crippen LogP contribution in [0.2, 0.25) is 0 Å². The third-order valence-electron chi connectivity index (χ3n) is 4.57. The fourth-order valence-electron chi connectivity index (χ4n) is 3.22. The van der Waals surface area contributed by atoms with Gasteiger partial charge in [-0.05, 0) is 41.7 Å². The van der Waals surface area contributed by atoms with Crippen LogP contribution >= 0.6 is 0 Å². The van der Waals surface area contributed by atoms with Crippen LogP contribution in [0.5, 0.6) is 5.75 Å². The van der Waals surface area contributed by atoms with Crippen molar-refractivity contribution in [2.45, 2.75) is 19.4 Å². The number of hydrogen-bond donors (Lipinski definition) is 1. The van der Waals surface area contributed by atoms with Crippen molar-refractivity contribution >= 4 is 12.1 Å². The molecular formula is C20H21NO5. The topological polar surface area (TPSA) is 76.1 Å². The summed E-state index contributed by atoms with van der Waals surface area (Å²) < 4.78 is 10.8. The summed E-state index contributed by atoms with van der Waals surface area (Å²) in [6.07, 6.45) is 0.590. The molecule has 0 radical (unpaired) electrons. The van der Waals surface area contributed by atoms with Crippen molar-refractivity contribution in [1.82, 2.24) is 4.90 Å². The molecule has 136 valence electrons. The summed E-state index contributed by atoms with van der Waals surface area (Å²) in [4.78, 5) is 25.5. The van der Waals surface area contributed by atoms with E-state index in [2.05, 4.69) is 0 Å². The molecule has 0 aromatic heterocycles. The number of nitrogens with zero attached hydrogens (tertiary/aromatic N) is 1. The maximum Gasteiger partial charge on any atom is 0.410 e. The van der Waals surface area contributed by atoms with Crippen LogP contribution in [0, 0.1) is 0 Å². The number of hydrogen-bond acceptors (Lipinski definition) is 4. The molecule has 6 heteroatoms. The summed E-state index contributed by atoms with van der Waals surface area (Å²) in [7, 11) is 1.56. The molecule has 3 rings (SSSR count). The molecule has 0 fully saturated rings. The van der Waals surface area contributed by atoms with E-state index in [1.807, 2.05) is 30.3 Å². The number of ether oxygens (including phenoxy) is 2. The monoisotopic (exact) mass is 355 g/mol. The molecule has 2 aromatic carbocycles. The van der Waals surface area contributed by atoms with E-state index in [0.29, 0.717) is 31.7 Å². The number of amides is 1. The highest BCUT2D eigenvalue weighted by Gasteiger charge is 2.25. The molecule has 0 saturated heterocycles. The van der Waals surface area contributed by atoms with Crippen molar-refractivity contribution in [1.29, 1.82) is 0 Å². The van der Waals surface area contributed by atoms with Gasteiger partial charge in [0.2, 0.25) is 0 Å². The van der Waals surface area contributed by atoms with E-state index in [1.54, 1.807) is 24.1 Å². The molecule has 0 saturated carbocycles. The van der Waals surface area contributed by atoms with E-state index in [4.69, 9.17) is 9.47 Å². The summed E-state index contributed by atoms with van der Waals surface area (Å²) in [6, 6.07) is 12.7. The Morgan fingerprint density at radius 2 is 1.73 bits per heavy atom. The number of carbonyl (C=O) groups excluding carboxylic acids is 1. The molecular weight excluding hydrogens is 334 g/mol. The van der Waals surface area contributed by atoms with Crippen LogP contribution in [0.3, 0.4) is 0 Å². The van der Waals surface area contributed by atoms with E-state index in [9.17, 15) is 14.7 Å². The molecule has 0 atom stereocenters. The van der Waals surface area contributed by atoms with Crippen molar-refractivity contribution in [2.75, 3.05) is 20.2 Å². The zero-order valence-electron chi connectivity index (χ0n) is 14.6. The Morgan fingerprint density at radius 3 is 2.38 bits per heavy atom. The second-order valence-corrected chi connectivity index (χ2v) is 6.10.